The number of rotatable bonds is 3. The molecule has 1 aromatic carbocycles. The van der Waals surface area contributed by atoms with Crippen LogP contribution in [0, 0.1) is 0 Å². The molecule has 2 atom stereocenters. The molecule has 2 fully saturated rings. The third-order valence-electron chi connectivity index (χ3n) is 5.33. The quantitative estimate of drug-likeness (QED) is 0.742. The third-order valence-corrected chi connectivity index (χ3v) is 5.33. The van der Waals surface area contributed by atoms with E-state index in [4.69, 9.17) is 4.74 Å². The summed E-state index contributed by atoms with van der Waals surface area (Å²) in [6.07, 6.45) is -4.25. The molecule has 0 radical (unpaired) electrons. The Morgan fingerprint density at radius 1 is 1.07 bits per heavy atom. The number of hydrogen-bond acceptors (Lipinski definition) is 3. The van der Waals surface area contributed by atoms with E-state index in [1.54, 1.807) is 20.8 Å². The number of carbonyl (C=O) groups is 2. The average molecular weight is 412 g/mol. The molecular formula is C21H27F3N2O3. The zero-order chi connectivity index (χ0) is 21.4. The van der Waals surface area contributed by atoms with Gasteiger partial charge in [-0.2, -0.15) is 13.2 Å². The summed E-state index contributed by atoms with van der Waals surface area (Å²) < 4.78 is 45.2. The Morgan fingerprint density at radius 2 is 1.66 bits per heavy atom. The Kier molecular flexibility index (Phi) is 5.83. The molecule has 1 saturated heterocycles. The van der Waals surface area contributed by atoms with E-state index in [-0.39, 0.29) is 19.0 Å². The first-order valence-electron chi connectivity index (χ1n) is 9.90. The smallest absolute Gasteiger partial charge is 0.444 e. The van der Waals surface area contributed by atoms with Gasteiger partial charge < -0.3 is 14.5 Å². The molecule has 1 heterocycles. The van der Waals surface area contributed by atoms with Crippen molar-refractivity contribution in [2.45, 2.75) is 69.8 Å². The van der Waals surface area contributed by atoms with Crippen LogP contribution in [0.1, 0.15) is 51.5 Å². The van der Waals surface area contributed by atoms with Crippen LogP contribution in [0.4, 0.5) is 18.0 Å². The zero-order valence-corrected chi connectivity index (χ0v) is 16.9. The number of nitrogens with zero attached hydrogens (tertiary/aromatic N) is 2. The van der Waals surface area contributed by atoms with E-state index in [1.165, 1.54) is 4.90 Å². The first-order valence-corrected chi connectivity index (χ1v) is 9.90. The SMILES string of the molecule is CC(C)(C)OC(=O)N1CCC(N(C(=O)C(F)(F)F)C2CC2c2ccccc2)CC1. The number of piperidine rings is 1. The minimum atomic E-state index is -4.91. The van der Waals surface area contributed by atoms with E-state index >= 15 is 0 Å². The van der Waals surface area contributed by atoms with Crippen molar-refractivity contribution in [3.8, 4) is 0 Å². The van der Waals surface area contributed by atoms with Gasteiger partial charge in [0.2, 0.25) is 0 Å². The van der Waals surface area contributed by atoms with Crippen molar-refractivity contribution in [1.29, 1.82) is 0 Å². The summed E-state index contributed by atoms with van der Waals surface area (Å²) in [6.45, 7) is 5.82. The second-order valence-electron chi connectivity index (χ2n) is 8.73. The summed E-state index contributed by atoms with van der Waals surface area (Å²) in [5.74, 6) is -1.86. The molecule has 3 rings (SSSR count). The summed E-state index contributed by atoms with van der Waals surface area (Å²) in [5, 5.41) is 0. The van der Waals surface area contributed by atoms with E-state index in [0.717, 1.165) is 10.5 Å². The second kappa shape index (κ2) is 7.88. The Balaban J connectivity index is 1.69. The summed E-state index contributed by atoms with van der Waals surface area (Å²) in [5.41, 5.74) is 0.312. The third kappa shape index (κ3) is 5.22. The Hall–Kier alpha value is -2.25. The van der Waals surface area contributed by atoms with Gasteiger partial charge in [0.05, 0.1) is 0 Å². The van der Waals surface area contributed by atoms with Gasteiger partial charge in [-0.05, 0) is 45.6 Å². The minimum absolute atomic E-state index is 0.0774. The highest BCUT2D eigenvalue weighted by atomic mass is 19.4. The van der Waals surface area contributed by atoms with Crippen molar-refractivity contribution in [2.75, 3.05) is 13.1 Å². The average Bonchev–Trinajstić information content (AvgIpc) is 3.41. The molecule has 0 bridgehead atoms. The van der Waals surface area contributed by atoms with Crippen molar-refractivity contribution in [2.24, 2.45) is 0 Å². The number of carbonyl (C=O) groups excluding carboxylic acids is 2. The van der Waals surface area contributed by atoms with Gasteiger partial charge in [0, 0.05) is 31.1 Å². The molecule has 2 aliphatic rings. The van der Waals surface area contributed by atoms with Gasteiger partial charge in [-0.1, -0.05) is 30.3 Å². The lowest BCUT2D eigenvalue weighted by Crippen LogP contribution is -2.53. The van der Waals surface area contributed by atoms with E-state index in [0.29, 0.717) is 19.3 Å². The second-order valence-corrected chi connectivity index (χ2v) is 8.73. The Labute approximate surface area is 168 Å². The fourth-order valence-electron chi connectivity index (χ4n) is 3.93. The number of halogens is 3. The van der Waals surface area contributed by atoms with Crippen molar-refractivity contribution in [3.05, 3.63) is 35.9 Å². The number of hydrogen-bond donors (Lipinski definition) is 0. The van der Waals surface area contributed by atoms with E-state index in [9.17, 15) is 22.8 Å². The van der Waals surface area contributed by atoms with Crippen molar-refractivity contribution in [1.82, 2.24) is 9.80 Å². The fraction of sp³-hybridized carbons (Fsp3) is 0.619. The molecule has 29 heavy (non-hydrogen) atoms. The van der Waals surface area contributed by atoms with Gasteiger partial charge in [0.15, 0.2) is 0 Å². The van der Waals surface area contributed by atoms with Gasteiger partial charge in [0.25, 0.3) is 0 Å². The fourth-order valence-corrected chi connectivity index (χ4v) is 3.93. The molecule has 8 heteroatoms. The maximum Gasteiger partial charge on any atom is 0.471 e. The van der Waals surface area contributed by atoms with Crippen LogP contribution >= 0.6 is 0 Å². The lowest BCUT2D eigenvalue weighted by atomic mass is 10.0. The number of alkyl halides is 3. The molecule has 2 amide bonds. The molecule has 5 nitrogen and oxygen atoms in total. The molecule has 1 aliphatic carbocycles. The van der Waals surface area contributed by atoms with Gasteiger partial charge >= 0.3 is 18.2 Å². The largest absolute Gasteiger partial charge is 0.471 e. The summed E-state index contributed by atoms with van der Waals surface area (Å²) in [7, 11) is 0. The van der Waals surface area contributed by atoms with Crippen LogP contribution in [0.15, 0.2) is 30.3 Å². The van der Waals surface area contributed by atoms with Crippen molar-refractivity contribution >= 4 is 12.0 Å². The maximum atomic E-state index is 13.3. The molecule has 1 saturated carbocycles. The molecule has 0 aromatic heterocycles. The lowest BCUT2D eigenvalue weighted by Gasteiger charge is -2.39. The summed E-state index contributed by atoms with van der Waals surface area (Å²) in [4.78, 5) is 27.0. The Bertz CT molecular complexity index is 738. The van der Waals surface area contributed by atoms with E-state index < -0.39 is 35.9 Å². The highest BCUT2D eigenvalue weighted by Crippen LogP contribution is 2.47. The predicted octanol–water partition coefficient (Wildman–Crippen LogP) is 4.33. The van der Waals surface area contributed by atoms with Crippen LogP contribution in [-0.4, -0.2) is 58.8 Å². The molecular weight excluding hydrogens is 385 g/mol. The number of ether oxygens (including phenoxy) is 1. The van der Waals surface area contributed by atoms with Gasteiger partial charge in [-0.15, -0.1) is 0 Å². The topological polar surface area (TPSA) is 49.9 Å². The molecule has 160 valence electrons. The molecule has 1 aliphatic heterocycles. The molecule has 0 N–H and O–H groups in total. The number of benzene rings is 1. The van der Waals surface area contributed by atoms with Crippen LogP contribution in [0.25, 0.3) is 0 Å². The highest BCUT2D eigenvalue weighted by Gasteiger charge is 2.54. The number of likely N-dealkylation sites (tertiary alicyclic amines) is 1. The van der Waals surface area contributed by atoms with Crippen LogP contribution in [0.3, 0.4) is 0 Å². The number of amides is 2. The van der Waals surface area contributed by atoms with Gasteiger partial charge in [-0.3, -0.25) is 4.79 Å². The van der Waals surface area contributed by atoms with Gasteiger partial charge in [0.1, 0.15) is 5.60 Å². The first kappa shape index (κ1) is 21.5. The maximum absolute atomic E-state index is 13.3. The van der Waals surface area contributed by atoms with Crippen LogP contribution < -0.4 is 0 Å². The van der Waals surface area contributed by atoms with Gasteiger partial charge in [-0.25, -0.2) is 4.79 Å². The first-order chi connectivity index (χ1) is 13.5. The molecule has 0 spiro atoms. The summed E-state index contributed by atoms with van der Waals surface area (Å²) in [6, 6.07) is 8.32. The van der Waals surface area contributed by atoms with E-state index in [1.807, 2.05) is 30.3 Å². The van der Waals surface area contributed by atoms with E-state index in [2.05, 4.69) is 0 Å². The van der Waals surface area contributed by atoms with Crippen LogP contribution in [0.5, 0.6) is 0 Å². The minimum Gasteiger partial charge on any atom is -0.444 e. The highest BCUT2D eigenvalue weighted by molar-refractivity contribution is 5.83. The standard InChI is InChI=1S/C21H27F3N2O3/c1-20(2,3)29-19(28)25-11-9-15(10-12-25)26(18(27)21(22,23)24)17-13-16(17)14-7-5-4-6-8-14/h4-8,15-17H,9-13H2,1-3H3. The van der Waals surface area contributed by atoms with Crippen molar-refractivity contribution in [3.63, 3.8) is 0 Å². The summed E-state index contributed by atoms with van der Waals surface area (Å²) >= 11 is 0. The van der Waals surface area contributed by atoms with Crippen LogP contribution in [0.2, 0.25) is 0 Å². The zero-order valence-electron chi connectivity index (χ0n) is 16.9. The molecule has 2 unspecified atom stereocenters. The Morgan fingerprint density at radius 3 is 2.17 bits per heavy atom. The molecule has 1 aromatic rings. The lowest BCUT2D eigenvalue weighted by molar-refractivity contribution is -0.189. The predicted molar refractivity (Wildman–Crippen MR) is 101 cm³/mol. The van der Waals surface area contributed by atoms with Crippen LogP contribution in [-0.2, 0) is 9.53 Å². The monoisotopic (exact) mass is 412 g/mol. The normalized spacial score (nSPS) is 22.9. The van der Waals surface area contributed by atoms with Crippen molar-refractivity contribution < 1.29 is 27.5 Å².